The quantitative estimate of drug-likeness (QED) is 0.0209. The molecule has 1 amide bonds. The van der Waals surface area contributed by atoms with Gasteiger partial charge in [-0.2, -0.15) is 0 Å². The summed E-state index contributed by atoms with van der Waals surface area (Å²) in [6.45, 7) is 2.64. The van der Waals surface area contributed by atoms with Crippen molar-refractivity contribution in [2.45, 2.75) is 229 Å². The normalized spacial score (nSPS) is 26.5. The van der Waals surface area contributed by atoms with E-state index in [1.165, 1.54) is 32.1 Å². The van der Waals surface area contributed by atoms with Gasteiger partial charge in [-0.15, -0.1) is 0 Å². The molecule has 0 aromatic carbocycles. The zero-order valence-corrected chi connectivity index (χ0v) is 43.6. The lowest BCUT2D eigenvalue weighted by atomic mass is 9.97. The molecule has 9 N–H and O–H groups in total. The molecule has 2 aliphatic rings. The van der Waals surface area contributed by atoms with Crippen LogP contribution in [0.25, 0.3) is 0 Å². The van der Waals surface area contributed by atoms with E-state index in [2.05, 4.69) is 122 Å². The molecule has 2 fully saturated rings. The van der Waals surface area contributed by atoms with Gasteiger partial charge in [-0.3, -0.25) is 4.79 Å². The van der Waals surface area contributed by atoms with Crippen LogP contribution < -0.4 is 5.32 Å². The molecule has 14 heteroatoms. The molecule has 0 bridgehead atoms. The van der Waals surface area contributed by atoms with Crippen molar-refractivity contribution in [2.24, 2.45) is 0 Å². The maximum absolute atomic E-state index is 13.2. The van der Waals surface area contributed by atoms with E-state index in [0.29, 0.717) is 19.3 Å². The Hall–Kier alpha value is -3.35. The summed E-state index contributed by atoms with van der Waals surface area (Å²) in [6.07, 6.45) is 42.6. The molecule has 2 rings (SSSR count). The number of rotatable bonds is 40. The fourth-order valence-electron chi connectivity index (χ4n) is 8.12. The van der Waals surface area contributed by atoms with E-state index in [1.54, 1.807) is 0 Å². The van der Waals surface area contributed by atoms with Crippen molar-refractivity contribution in [1.29, 1.82) is 0 Å². The highest BCUT2D eigenvalue weighted by atomic mass is 16.7. The zero-order valence-electron chi connectivity index (χ0n) is 43.6. The van der Waals surface area contributed by atoms with Crippen LogP contribution in [-0.4, -0.2) is 140 Å². The Bertz CT molecular complexity index is 1620. The van der Waals surface area contributed by atoms with E-state index in [-0.39, 0.29) is 18.9 Å². The number of aliphatic hydroxyl groups excluding tert-OH is 8. The van der Waals surface area contributed by atoms with E-state index in [9.17, 15) is 45.6 Å². The number of hydrogen-bond acceptors (Lipinski definition) is 13. The molecule has 0 aliphatic carbocycles. The largest absolute Gasteiger partial charge is 0.394 e. The Balaban J connectivity index is 1.75. The molecule has 12 unspecified atom stereocenters. The Morgan fingerprint density at radius 1 is 0.514 bits per heavy atom. The first kappa shape index (κ1) is 64.8. The lowest BCUT2D eigenvalue weighted by molar-refractivity contribution is -0.359. The molecule has 12 atom stereocenters. The third kappa shape index (κ3) is 28.9. The fourth-order valence-corrected chi connectivity index (χ4v) is 8.12. The number of amides is 1. The predicted molar refractivity (Wildman–Crippen MR) is 285 cm³/mol. The van der Waals surface area contributed by atoms with Gasteiger partial charge in [-0.05, 0) is 77.0 Å². The van der Waals surface area contributed by atoms with E-state index in [0.717, 1.165) is 83.5 Å². The summed E-state index contributed by atoms with van der Waals surface area (Å²) in [5.41, 5.74) is 0. The summed E-state index contributed by atoms with van der Waals surface area (Å²) >= 11 is 0. The Morgan fingerprint density at radius 2 is 0.944 bits per heavy atom. The van der Waals surface area contributed by atoms with Crippen LogP contribution in [-0.2, 0) is 23.7 Å². The smallest absolute Gasteiger partial charge is 0.220 e. The zero-order chi connectivity index (χ0) is 52.4. The van der Waals surface area contributed by atoms with Crippen molar-refractivity contribution < 1.29 is 64.6 Å². The maximum Gasteiger partial charge on any atom is 0.220 e. The van der Waals surface area contributed by atoms with Crippen molar-refractivity contribution in [2.75, 3.05) is 19.8 Å². The third-order valence-electron chi connectivity index (χ3n) is 12.5. The molecule has 410 valence electrons. The minimum atomic E-state index is -1.79. The van der Waals surface area contributed by atoms with Crippen LogP contribution in [0.3, 0.4) is 0 Å². The van der Waals surface area contributed by atoms with Gasteiger partial charge in [0.1, 0.15) is 48.8 Å². The van der Waals surface area contributed by atoms with E-state index < -0.39 is 86.8 Å². The summed E-state index contributed by atoms with van der Waals surface area (Å²) in [5.74, 6) is -0.273. The first-order valence-electron chi connectivity index (χ1n) is 27.1. The first-order chi connectivity index (χ1) is 35.1. The average Bonchev–Trinajstić information content (AvgIpc) is 3.38. The predicted octanol–water partition coefficient (Wildman–Crippen LogP) is 8.10. The van der Waals surface area contributed by atoms with Crippen LogP contribution in [0.4, 0.5) is 0 Å². The molecule has 0 radical (unpaired) electrons. The standard InChI is InChI=1S/C58H95NO13/c1-3-5-7-9-11-13-14-15-16-17-18-19-20-21-22-23-24-25-26-27-28-29-30-31-32-34-36-38-40-42-50(63)59-46(47(62)41-39-37-35-33-12-10-8-6-4-2)45-69-57-55(68)53(66)56(49(44-61)71-57)72-58-54(67)52(65)51(64)48(43-60)70-58/h5,7,11,13,15-16,18-19,21-22,24-25,27-28,30-31,34,36,46-49,51-58,60-62,64-68H,3-4,6,8-10,12,14,17,20,23,26,29,32-33,35,37-45H2,1-2H3,(H,59,63)/b7-5-,13-11-,16-15-,19-18-,22-21-,25-24-,28-27-,31-30-,36-34-. The van der Waals surface area contributed by atoms with Crippen LogP contribution in [0.1, 0.15) is 155 Å². The number of hydrogen-bond donors (Lipinski definition) is 9. The average molecular weight is 1010 g/mol. The molecule has 0 aromatic rings. The fraction of sp³-hybridized carbons (Fsp3) is 0.672. The monoisotopic (exact) mass is 1010 g/mol. The lowest BCUT2D eigenvalue weighted by Gasteiger charge is -2.46. The highest BCUT2D eigenvalue weighted by Crippen LogP contribution is 2.30. The van der Waals surface area contributed by atoms with Crippen molar-refractivity contribution in [3.8, 4) is 0 Å². The second kappa shape index (κ2) is 42.9. The van der Waals surface area contributed by atoms with Crippen LogP contribution in [0, 0.1) is 0 Å². The molecule has 72 heavy (non-hydrogen) atoms. The highest BCUT2D eigenvalue weighted by molar-refractivity contribution is 5.76. The summed E-state index contributed by atoms with van der Waals surface area (Å²) < 4.78 is 22.7. The van der Waals surface area contributed by atoms with Gasteiger partial charge < -0.3 is 65.1 Å². The molecule has 0 spiro atoms. The Kier molecular flexibility index (Phi) is 38.6. The number of aliphatic hydroxyl groups is 8. The van der Waals surface area contributed by atoms with Gasteiger partial charge in [-0.25, -0.2) is 0 Å². The van der Waals surface area contributed by atoms with E-state index >= 15 is 0 Å². The molecular formula is C58H95NO13. The number of unbranched alkanes of at least 4 members (excludes halogenated alkanes) is 9. The second-order valence-corrected chi connectivity index (χ2v) is 18.6. The van der Waals surface area contributed by atoms with Gasteiger partial charge in [-0.1, -0.05) is 181 Å². The van der Waals surface area contributed by atoms with Gasteiger partial charge >= 0.3 is 0 Å². The van der Waals surface area contributed by atoms with Crippen LogP contribution >= 0.6 is 0 Å². The summed E-state index contributed by atoms with van der Waals surface area (Å²) in [6, 6.07) is -0.865. The minimum Gasteiger partial charge on any atom is -0.394 e. The molecule has 2 heterocycles. The first-order valence-corrected chi connectivity index (χ1v) is 27.1. The number of carbonyl (C=O) groups excluding carboxylic acids is 1. The number of ether oxygens (including phenoxy) is 4. The van der Waals surface area contributed by atoms with E-state index in [4.69, 9.17) is 18.9 Å². The Morgan fingerprint density at radius 3 is 1.42 bits per heavy atom. The molecule has 0 aromatic heterocycles. The second-order valence-electron chi connectivity index (χ2n) is 18.6. The van der Waals surface area contributed by atoms with Crippen molar-refractivity contribution >= 4 is 5.91 Å². The van der Waals surface area contributed by atoms with Gasteiger partial charge in [0, 0.05) is 6.42 Å². The van der Waals surface area contributed by atoms with Crippen LogP contribution in [0.5, 0.6) is 0 Å². The molecule has 2 aliphatic heterocycles. The van der Waals surface area contributed by atoms with Gasteiger partial charge in [0.15, 0.2) is 12.6 Å². The SMILES string of the molecule is CC/C=C\C/C=C\C/C=C\C/C=C\C/C=C\C/C=C\C/C=C\C/C=C\C/C=C\CCCC(=O)NC(COC1OC(CO)C(OC2OC(CO)C(O)C(O)C2O)C(O)C1O)C(O)CCCCCCCCCCC. The third-order valence-corrected chi connectivity index (χ3v) is 12.5. The number of allylic oxidation sites excluding steroid dienone is 18. The lowest BCUT2D eigenvalue weighted by Crippen LogP contribution is -2.65. The maximum atomic E-state index is 13.2. The molecule has 2 saturated heterocycles. The number of carbonyl (C=O) groups is 1. The summed E-state index contributed by atoms with van der Waals surface area (Å²) in [5, 5.41) is 86.7. The van der Waals surface area contributed by atoms with Crippen LogP contribution in [0.2, 0.25) is 0 Å². The molecular weight excluding hydrogens is 919 g/mol. The molecule has 0 saturated carbocycles. The van der Waals surface area contributed by atoms with Crippen molar-refractivity contribution in [1.82, 2.24) is 5.32 Å². The summed E-state index contributed by atoms with van der Waals surface area (Å²) in [4.78, 5) is 13.2. The summed E-state index contributed by atoms with van der Waals surface area (Å²) in [7, 11) is 0. The minimum absolute atomic E-state index is 0.216. The number of nitrogens with one attached hydrogen (secondary N) is 1. The highest BCUT2D eigenvalue weighted by Gasteiger charge is 2.51. The topological polar surface area (TPSA) is 228 Å². The Labute approximate surface area is 432 Å². The van der Waals surface area contributed by atoms with Gasteiger partial charge in [0.05, 0.1) is 32.0 Å². The molecule has 14 nitrogen and oxygen atoms in total. The van der Waals surface area contributed by atoms with Crippen molar-refractivity contribution in [3.63, 3.8) is 0 Å². The van der Waals surface area contributed by atoms with E-state index in [1.807, 2.05) is 6.08 Å². The van der Waals surface area contributed by atoms with Crippen molar-refractivity contribution in [3.05, 3.63) is 109 Å². The van der Waals surface area contributed by atoms with Gasteiger partial charge in [0.2, 0.25) is 5.91 Å². The van der Waals surface area contributed by atoms with Gasteiger partial charge in [0.25, 0.3) is 0 Å². The van der Waals surface area contributed by atoms with Crippen LogP contribution in [0.15, 0.2) is 109 Å².